The Hall–Kier alpha value is -3.39. The standard InChI is InChI=1S/C17H11N3O2/c18-11-13-8-4-5-9-15(13)20-16(10-14(19-20)17(21)22)12-6-2-1-3-7-12/h1-10H,(H,21,22). The van der Waals surface area contributed by atoms with Crippen molar-refractivity contribution in [2.45, 2.75) is 0 Å². The van der Waals surface area contributed by atoms with Crippen LogP contribution in [0.4, 0.5) is 0 Å². The maximum absolute atomic E-state index is 11.2. The van der Waals surface area contributed by atoms with Crippen LogP contribution >= 0.6 is 0 Å². The highest BCUT2D eigenvalue weighted by molar-refractivity contribution is 5.87. The lowest BCUT2D eigenvalue weighted by atomic mass is 10.1. The summed E-state index contributed by atoms with van der Waals surface area (Å²) in [5.74, 6) is -1.11. The molecule has 0 aliphatic carbocycles. The van der Waals surface area contributed by atoms with Crippen LogP contribution in [-0.4, -0.2) is 20.9 Å². The van der Waals surface area contributed by atoms with Crippen molar-refractivity contribution in [3.63, 3.8) is 0 Å². The number of nitrogens with zero attached hydrogens (tertiary/aromatic N) is 3. The second-order valence-electron chi connectivity index (χ2n) is 4.63. The van der Waals surface area contributed by atoms with E-state index in [-0.39, 0.29) is 5.69 Å². The van der Waals surface area contributed by atoms with E-state index >= 15 is 0 Å². The predicted molar refractivity (Wildman–Crippen MR) is 80.7 cm³/mol. The number of hydrogen-bond acceptors (Lipinski definition) is 3. The van der Waals surface area contributed by atoms with Crippen molar-refractivity contribution in [3.05, 3.63) is 71.9 Å². The van der Waals surface area contributed by atoms with Crippen LogP contribution in [0.15, 0.2) is 60.7 Å². The monoisotopic (exact) mass is 289 g/mol. The predicted octanol–water partition coefficient (Wildman–Crippen LogP) is 3.11. The van der Waals surface area contributed by atoms with Gasteiger partial charge >= 0.3 is 5.97 Å². The number of aromatic carboxylic acids is 1. The number of rotatable bonds is 3. The molecule has 1 N–H and O–H groups in total. The third-order valence-corrected chi connectivity index (χ3v) is 3.25. The van der Waals surface area contributed by atoms with Crippen molar-refractivity contribution in [1.82, 2.24) is 9.78 Å². The van der Waals surface area contributed by atoms with E-state index in [2.05, 4.69) is 11.2 Å². The molecule has 5 heteroatoms. The van der Waals surface area contributed by atoms with Crippen molar-refractivity contribution in [2.24, 2.45) is 0 Å². The molecule has 0 spiro atoms. The third-order valence-electron chi connectivity index (χ3n) is 3.25. The highest BCUT2D eigenvalue weighted by Gasteiger charge is 2.17. The Morgan fingerprint density at radius 2 is 1.77 bits per heavy atom. The van der Waals surface area contributed by atoms with E-state index in [0.29, 0.717) is 16.9 Å². The largest absolute Gasteiger partial charge is 0.476 e. The normalized spacial score (nSPS) is 10.1. The smallest absolute Gasteiger partial charge is 0.356 e. The van der Waals surface area contributed by atoms with Gasteiger partial charge in [-0.1, -0.05) is 42.5 Å². The van der Waals surface area contributed by atoms with Gasteiger partial charge in [-0.05, 0) is 18.2 Å². The number of hydrogen-bond donors (Lipinski definition) is 1. The first kappa shape index (κ1) is 13.6. The first-order valence-corrected chi connectivity index (χ1v) is 6.59. The minimum absolute atomic E-state index is 0.0633. The van der Waals surface area contributed by atoms with Gasteiger partial charge in [0, 0.05) is 5.56 Å². The lowest BCUT2D eigenvalue weighted by Gasteiger charge is -2.08. The van der Waals surface area contributed by atoms with E-state index in [9.17, 15) is 15.2 Å². The quantitative estimate of drug-likeness (QED) is 0.803. The Kier molecular flexibility index (Phi) is 3.42. The minimum Gasteiger partial charge on any atom is -0.476 e. The van der Waals surface area contributed by atoms with E-state index in [1.165, 1.54) is 10.7 Å². The number of para-hydroxylation sites is 1. The molecule has 0 saturated carbocycles. The molecule has 3 rings (SSSR count). The second-order valence-corrected chi connectivity index (χ2v) is 4.63. The maximum Gasteiger partial charge on any atom is 0.356 e. The van der Waals surface area contributed by atoms with Gasteiger partial charge in [-0.15, -0.1) is 0 Å². The molecule has 0 saturated heterocycles. The summed E-state index contributed by atoms with van der Waals surface area (Å²) in [4.78, 5) is 11.2. The Balaban J connectivity index is 2.27. The van der Waals surface area contributed by atoms with Gasteiger partial charge in [0.1, 0.15) is 6.07 Å². The van der Waals surface area contributed by atoms with E-state index in [1.54, 1.807) is 24.3 Å². The van der Waals surface area contributed by atoms with Gasteiger partial charge in [-0.3, -0.25) is 0 Å². The molecule has 0 aliphatic heterocycles. The summed E-state index contributed by atoms with van der Waals surface area (Å²) in [5.41, 5.74) is 2.37. The van der Waals surface area contributed by atoms with Gasteiger partial charge in [0.25, 0.3) is 0 Å². The van der Waals surface area contributed by atoms with Crippen LogP contribution in [0.1, 0.15) is 16.1 Å². The van der Waals surface area contributed by atoms with Crippen LogP contribution in [0.25, 0.3) is 16.9 Å². The number of aromatic nitrogens is 2. The molecule has 1 heterocycles. The van der Waals surface area contributed by atoms with Gasteiger partial charge in [0.05, 0.1) is 16.9 Å². The first-order valence-electron chi connectivity index (χ1n) is 6.59. The van der Waals surface area contributed by atoms with Crippen LogP contribution < -0.4 is 0 Å². The van der Waals surface area contributed by atoms with Crippen molar-refractivity contribution in [2.75, 3.05) is 0 Å². The molecule has 0 amide bonds. The molecule has 5 nitrogen and oxygen atoms in total. The molecular weight excluding hydrogens is 278 g/mol. The Bertz CT molecular complexity index is 876. The molecule has 1 aromatic heterocycles. The molecule has 0 aliphatic rings. The average molecular weight is 289 g/mol. The molecule has 0 radical (unpaired) electrons. The zero-order valence-corrected chi connectivity index (χ0v) is 11.5. The minimum atomic E-state index is -1.11. The van der Waals surface area contributed by atoms with Gasteiger partial charge in [-0.2, -0.15) is 10.4 Å². The fraction of sp³-hybridized carbons (Fsp3) is 0. The van der Waals surface area contributed by atoms with Crippen molar-refractivity contribution >= 4 is 5.97 Å². The molecule has 3 aromatic rings. The summed E-state index contributed by atoms with van der Waals surface area (Å²) >= 11 is 0. The molecule has 106 valence electrons. The summed E-state index contributed by atoms with van der Waals surface area (Å²) in [6.07, 6.45) is 0. The summed E-state index contributed by atoms with van der Waals surface area (Å²) in [6.45, 7) is 0. The maximum atomic E-state index is 11.2. The highest BCUT2D eigenvalue weighted by Crippen LogP contribution is 2.25. The Morgan fingerprint density at radius 3 is 2.45 bits per heavy atom. The molecular formula is C17H11N3O2. The fourth-order valence-corrected chi connectivity index (χ4v) is 2.24. The summed E-state index contributed by atoms with van der Waals surface area (Å²) in [6, 6.07) is 19.9. The molecule has 2 aromatic carbocycles. The van der Waals surface area contributed by atoms with Crippen molar-refractivity contribution in [3.8, 4) is 23.0 Å². The SMILES string of the molecule is N#Cc1ccccc1-n1nc(C(=O)O)cc1-c1ccccc1. The molecule has 22 heavy (non-hydrogen) atoms. The van der Waals surface area contributed by atoms with E-state index < -0.39 is 5.97 Å². The van der Waals surface area contributed by atoms with Gasteiger partial charge in [-0.25, -0.2) is 9.48 Å². The lowest BCUT2D eigenvalue weighted by molar-refractivity contribution is 0.0690. The van der Waals surface area contributed by atoms with Crippen molar-refractivity contribution < 1.29 is 9.90 Å². The Morgan fingerprint density at radius 1 is 1.09 bits per heavy atom. The molecule has 0 unspecified atom stereocenters. The van der Waals surface area contributed by atoms with E-state index in [4.69, 9.17) is 0 Å². The lowest BCUT2D eigenvalue weighted by Crippen LogP contribution is -2.04. The number of carboxylic acid groups (broad SMARTS) is 1. The molecule has 0 fully saturated rings. The van der Waals surface area contributed by atoms with Crippen LogP contribution in [0.5, 0.6) is 0 Å². The van der Waals surface area contributed by atoms with Gasteiger partial charge in [0.2, 0.25) is 0 Å². The zero-order valence-electron chi connectivity index (χ0n) is 11.5. The average Bonchev–Trinajstić information content (AvgIpc) is 3.01. The summed E-state index contributed by atoms with van der Waals surface area (Å²) in [7, 11) is 0. The first-order chi connectivity index (χ1) is 10.7. The number of carboxylic acids is 1. The van der Waals surface area contributed by atoms with Crippen LogP contribution in [-0.2, 0) is 0 Å². The summed E-state index contributed by atoms with van der Waals surface area (Å²) < 4.78 is 1.50. The summed E-state index contributed by atoms with van der Waals surface area (Å²) in [5, 5.41) is 22.6. The van der Waals surface area contributed by atoms with Crippen LogP contribution in [0.2, 0.25) is 0 Å². The number of benzene rings is 2. The van der Waals surface area contributed by atoms with Crippen molar-refractivity contribution in [1.29, 1.82) is 5.26 Å². The number of carbonyl (C=O) groups is 1. The number of nitriles is 1. The topological polar surface area (TPSA) is 78.9 Å². The second kappa shape index (κ2) is 5.54. The molecule has 0 atom stereocenters. The Labute approximate surface area is 126 Å². The van der Waals surface area contributed by atoms with E-state index in [1.807, 2.05) is 30.3 Å². The van der Waals surface area contributed by atoms with Gasteiger partial charge < -0.3 is 5.11 Å². The fourth-order valence-electron chi connectivity index (χ4n) is 2.24. The van der Waals surface area contributed by atoms with Crippen LogP contribution in [0, 0.1) is 11.3 Å². The highest BCUT2D eigenvalue weighted by atomic mass is 16.4. The zero-order chi connectivity index (χ0) is 15.5. The van der Waals surface area contributed by atoms with Crippen LogP contribution in [0.3, 0.4) is 0 Å². The molecule has 0 bridgehead atoms. The van der Waals surface area contributed by atoms with E-state index in [0.717, 1.165) is 5.56 Å². The van der Waals surface area contributed by atoms with Gasteiger partial charge in [0.15, 0.2) is 5.69 Å². The third kappa shape index (κ3) is 2.34.